The number of nitrogens with one attached hydrogen (secondary N) is 1. The van der Waals surface area contributed by atoms with E-state index >= 15 is 0 Å². The topological polar surface area (TPSA) is 49.4 Å². The van der Waals surface area contributed by atoms with Crippen molar-refractivity contribution in [2.75, 3.05) is 13.1 Å². The van der Waals surface area contributed by atoms with E-state index in [-0.39, 0.29) is 18.4 Å². The number of carbonyl (C=O) groups excluding carboxylic acids is 2. The van der Waals surface area contributed by atoms with Gasteiger partial charge in [-0.1, -0.05) is 57.0 Å². The van der Waals surface area contributed by atoms with Crippen LogP contribution in [0.3, 0.4) is 0 Å². The summed E-state index contributed by atoms with van der Waals surface area (Å²) in [5, 5.41) is 2.79. The molecule has 1 aliphatic heterocycles. The summed E-state index contributed by atoms with van der Waals surface area (Å²) in [6.07, 6.45) is 3.22. The van der Waals surface area contributed by atoms with Gasteiger partial charge in [0.05, 0.1) is 6.54 Å². The Morgan fingerprint density at radius 3 is 2.57 bits per heavy atom. The summed E-state index contributed by atoms with van der Waals surface area (Å²) in [5.74, 6) is 0.611. The second-order valence-electron chi connectivity index (χ2n) is 6.06. The Kier molecular flexibility index (Phi) is 5.37. The van der Waals surface area contributed by atoms with Gasteiger partial charge in [-0.25, -0.2) is 0 Å². The first-order valence-electron chi connectivity index (χ1n) is 7.71. The Labute approximate surface area is 126 Å². The predicted octanol–water partition coefficient (Wildman–Crippen LogP) is 2.51. The molecule has 114 valence electrons. The molecule has 1 saturated heterocycles. The largest absolute Gasteiger partial charge is 0.339 e. The number of nitrogens with zero attached hydrogens (tertiary/aromatic N) is 1. The zero-order valence-electron chi connectivity index (χ0n) is 12.8. The Bertz CT molecular complexity index is 485. The Balaban J connectivity index is 1.96. The molecule has 0 radical (unpaired) electrons. The van der Waals surface area contributed by atoms with Gasteiger partial charge >= 0.3 is 0 Å². The van der Waals surface area contributed by atoms with Crippen molar-refractivity contribution in [3.63, 3.8) is 0 Å². The average molecular weight is 288 g/mol. The van der Waals surface area contributed by atoms with Crippen LogP contribution in [0.1, 0.15) is 44.7 Å². The van der Waals surface area contributed by atoms with E-state index in [0.717, 1.165) is 24.8 Å². The molecular formula is C17H24N2O2. The smallest absolute Gasteiger partial charge is 0.250 e. The molecule has 0 aliphatic carbocycles. The summed E-state index contributed by atoms with van der Waals surface area (Å²) in [6, 6.07) is 8.91. The van der Waals surface area contributed by atoms with Crippen LogP contribution in [-0.2, 0) is 9.59 Å². The van der Waals surface area contributed by atoms with Crippen LogP contribution >= 0.6 is 0 Å². The highest BCUT2D eigenvalue weighted by Crippen LogP contribution is 2.19. The first kappa shape index (κ1) is 15.5. The normalized spacial score (nSPS) is 19.0. The van der Waals surface area contributed by atoms with Gasteiger partial charge in [0.1, 0.15) is 6.04 Å². The molecule has 0 spiro atoms. The third-order valence-electron chi connectivity index (χ3n) is 3.79. The summed E-state index contributed by atoms with van der Waals surface area (Å²) in [4.78, 5) is 26.0. The van der Waals surface area contributed by atoms with Gasteiger partial charge in [0.15, 0.2) is 0 Å². The highest BCUT2D eigenvalue weighted by molar-refractivity contribution is 5.95. The number of rotatable bonds is 6. The number of unbranched alkanes of at least 4 members (excludes halogenated alkanes) is 1. The van der Waals surface area contributed by atoms with Gasteiger partial charge in [-0.2, -0.15) is 0 Å². The number of carbonyl (C=O) groups is 2. The van der Waals surface area contributed by atoms with E-state index in [9.17, 15) is 9.59 Å². The lowest BCUT2D eigenvalue weighted by atomic mass is 10.0. The van der Waals surface area contributed by atoms with Crippen LogP contribution in [0.5, 0.6) is 0 Å². The third kappa shape index (κ3) is 4.31. The summed E-state index contributed by atoms with van der Waals surface area (Å²) < 4.78 is 0. The van der Waals surface area contributed by atoms with Gasteiger partial charge in [0.2, 0.25) is 11.8 Å². The molecule has 2 rings (SSSR count). The fraction of sp³-hybridized carbons (Fsp3) is 0.529. The molecule has 1 N–H and O–H groups in total. The Morgan fingerprint density at radius 1 is 1.19 bits per heavy atom. The minimum Gasteiger partial charge on any atom is -0.339 e. The highest BCUT2D eigenvalue weighted by atomic mass is 16.2. The summed E-state index contributed by atoms with van der Waals surface area (Å²) in [5.41, 5.74) is 0.850. The van der Waals surface area contributed by atoms with E-state index in [2.05, 4.69) is 19.2 Å². The summed E-state index contributed by atoms with van der Waals surface area (Å²) in [7, 11) is 0. The number of hydrogen-bond donors (Lipinski definition) is 1. The van der Waals surface area contributed by atoms with Gasteiger partial charge in [-0.05, 0) is 17.9 Å². The Hall–Kier alpha value is -1.84. The van der Waals surface area contributed by atoms with Gasteiger partial charge in [0.25, 0.3) is 0 Å². The summed E-state index contributed by atoms with van der Waals surface area (Å²) >= 11 is 0. The molecule has 1 aromatic rings. The van der Waals surface area contributed by atoms with Gasteiger partial charge in [0, 0.05) is 6.54 Å². The summed E-state index contributed by atoms with van der Waals surface area (Å²) in [6.45, 7) is 5.25. The lowest BCUT2D eigenvalue weighted by Gasteiger charge is -2.32. The minimum atomic E-state index is -0.530. The third-order valence-corrected chi connectivity index (χ3v) is 3.79. The first-order valence-corrected chi connectivity index (χ1v) is 7.71. The van der Waals surface area contributed by atoms with Crippen LogP contribution in [0.2, 0.25) is 0 Å². The van der Waals surface area contributed by atoms with Crippen LogP contribution in [0.4, 0.5) is 0 Å². The van der Waals surface area contributed by atoms with Crippen molar-refractivity contribution in [2.24, 2.45) is 5.92 Å². The standard InChI is InChI=1S/C17H24N2O2/c1-13(2)8-6-7-11-19-12-15(20)18-16(17(19)21)14-9-4-3-5-10-14/h3-5,9-10,13,16H,6-8,11-12H2,1-2H3,(H,18,20). The molecule has 1 atom stereocenters. The van der Waals surface area contributed by atoms with Crippen LogP contribution in [0, 0.1) is 5.92 Å². The molecule has 1 fully saturated rings. The van der Waals surface area contributed by atoms with Crippen molar-refractivity contribution >= 4 is 11.8 Å². The molecular weight excluding hydrogens is 264 g/mol. The lowest BCUT2D eigenvalue weighted by molar-refractivity contribution is -0.144. The van der Waals surface area contributed by atoms with Gasteiger partial charge < -0.3 is 10.2 Å². The molecule has 0 bridgehead atoms. The first-order chi connectivity index (χ1) is 10.1. The van der Waals surface area contributed by atoms with E-state index in [4.69, 9.17) is 0 Å². The van der Waals surface area contributed by atoms with Gasteiger partial charge in [-0.15, -0.1) is 0 Å². The second-order valence-corrected chi connectivity index (χ2v) is 6.06. The fourth-order valence-corrected chi connectivity index (χ4v) is 2.62. The zero-order valence-corrected chi connectivity index (χ0v) is 12.8. The zero-order chi connectivity index (χ0) is 15.2. The molecule has 2 amide bonds. The maximum Gasteiger partial charge on any atom is 0.250 e. The molecule has 1 aromatic carbocycles. The van der Waals surface area contributed by atoms with Crippen molar-refractivity contribution in [3.8, 4) is 0 Å². The number of hydrogen-bond acceptors (Lipinski definition) is 2. The van der Waals surface area contributed by atoms with Crippen molar-refractivity contribution in [3.05, 3.63) is 35.9 Å². The lowest BCUT2D eigenvalue weighted by Crippen LogP contribution is -2.53. The molecule has 1 heterocycles. The van der Waals surface area contributed by atoms with Crippen molar-refractivity contribution in [1.82, 2.24) is 10.2 Å². The van der Waals surface area contributed by atoms with E-state index in [1.165, 1.54) is 0 Å². The number of benzene rings is 1. The van der Waals surface area contributed by atoms with Crippen molar-refractivity contribution < 1.29 is 9.59 Å². The molecule has 0 saturated carbocycles. The number of amides is 2. The maximum absolute atomic E-state index is 12.5. The van der Waals surface area contributed by atoms with Crippen LogP contribution < -0.4 is 5.32 Å². The predicted molar refractivity (Wildman–Crippen MR) is 82.6 cm³/mol. The molecule has 4 heteroatoms. The van der Waals surface area contributed by atoms with Crippen molar-refractivity contribution in [1.29, 1.82) is 0 Å². The fourth-order valence-electron chi connectivity index (χ4n) is 2.62. The monoisotopic (exact) mass is 288 g/mol. The maximum atomic E-state index is 12.5. The van der Waals surface area contributed by atoms with Crippen molar-refractivity contribution in [2.45, 2.75) is 39.2 Å². The van der Waals surface area contributed by atoms with Gasteiger partial charge in [-0.3, -0.25) is 9.59 Å². The minimum absolute atomic E-state index is 0.00495. The second kappa shape index (κ2) is 7.25. The number of piperazine rings is 1. The van der Waals surface area contributed by atoms with E-state index in [0.29, 0.717) is 12.5 Å². The molecule has 21 heavy (non-hydrogen) atoms. The SMILES string of the molecule is CC(C)CCCCN1CC(=O)NC(c2ccccc2)C1=O. The van der Waals surface area contributed by atoms with E-state index < -0.39 is 6.04 Å². The van der Waals surface area contributed by atoms with E-state index in [1.807, 2.05) is 30.3 Å². The van der Waals surface area contributed by atoms with Crippen LogP contribution in [0.25, 0.3) is 0 Å². The average Bonchev–Trinajstić information content (AvgIpc) is 2.47. The molecule has 0 aromatic heterocycles. The quantitative estimate of drug-likeness (QED) is 0.818. The molecule has 1 unspecified atom stereocenters. The highest BCUT2D eigenvalue weighted by Gasteiger charge is 2.33. The van der Waals surface area contributed by atoms with Crippen LogP contribution in [-0.4, -0.2) is 29.8 Å². The van der Waals surface area contributed by atoms with E-state index in [1.54, 1.807) is 4.90 Å². The van der Waals surface area contributed by atoms with Crippen LogP contribution in [0.15, 0.2) is 30.3 Å². The molecule has 4 nitrogen and oxygen atoms in total. The molecule has 1 aliphatic rings. The Morgan fingerprint density at radius 2 is 1.90 bits per heavy atom.